The molecule has 5 aliphatic rings. The number of ether oxygens (including phenoxy) is 4. The molecule has 11 nitrogen and oxygen atoms in total. The molecule has 0 amide bonds. The van der Waals surface area contributed by atoms with Crippen molar-refractivity contribution in [3.05, 3.63) is 77.6 Å². The highest BCUT2D eigenvalue weighted by atomic mass is 19.1. The number of benzene rings is 2. The molecule has 3 saturated heterocycles. The van der Waals surface area contributed by atoms with Crippen molar-refractivity contribution in [3.8, 4) is 17.1 Å². The molecule has 0 bridgehead atoms. The average molecular weight is 826 g/mol. The SMILES string of the molecule is CC1(C)OB(c2ccc(C3CCC(N)CC3)cc2)OC1(C)C.CCOC(=O)CC1CCC(c2ccc(-c3nc4cc(O[C@@H]5CO[C@H]6[C@@H]5OC[C@H]6O)[nH]c4cc3F)cc2)CC1. The Morgan fingerprint density at radius 2 is 1.47 bits per heavy atom. The molecule has 4 atom stereocenters. The summed E-state index contributed by atoms with van der Waals surface area (Å²) in [7, 11) is -0.265. The van der Waals surface area contributed by atoms with Crippen LogP contribution >= 0.6 is 0 Å². The zero-order valence-corrected chi connectivity index (χ0v) is 35.7. The molecule has 0 radical (unpaired) electrons. The molecule has 9 rings (SSSR count). The fourth-order valence-electron chi connectivity index (χ4n) is 9.41. The first-order valence-electron chi connectivity index (χ1n) is 22.0. The van der Waals surface area contributed by atoms with Crippen molar-refractivity contribution in [1.82, 2.24) is 9.97 Å². The Balaban J connectivity index is 0.000000193. The van der Waals surface area contributed by atoms with Crippen molar-refractivity contribution in [2.24, 2.45) is 11.7 Å². The minimum Gasteiger partial charge on any atom is -0.470 e. The number of nitrogens with one attached hydrogen (secondary N) is 1. The lowest BCUT2D eigenvalue weighted by Gasteiger charge is -2.32. The molecule has 5 fully saturated rings. The zero-order chi connectivity index (χ0) is 42.2. The maximum absolute atomic E-state index is 15.1. The predicted molar refractivity (Wildman–Crippen MR) is 229 cm³/mol. The third-order valence-electron chi connectivity index (χ3n) is 13.8. The number of halogens is 1. The first-order chi connectivity index (χ1) is 28.8. The molecule has 4 aromatic rings. The Hall–Kier alpha value is -3.85. The van der Waals surface area contributed by atoms with Crippen molar-refractivity contribution >= 4 is 29.6 Å². The topological polar surface area (TPSA) is 147 Å². The minimum atomic E-state index is -0.646. The van der Waals surface area contributed by atoms with Crippen LogP contribution in [-0.2, 0) is 28.3 Å². The number of aliphatic hydroxyl groups is 1. The maximum Gasteiger partial charge on any atom is 0.494 e. The van der Waals surface area contributed by atoms with Crippen molar-refractivity contribution in [1.29, 1.82) is 0 Å². The van der Waals surface area contributed by atoms with E-state index in [4.69, 9.17) is 34.0 Å². The summed E-state index contributed by atoms with van der Waals surface area (Å²) in [6, 6.07) is 20.4. The largest absolute Gasteiger partial charge is 0.494 e. The van der Waals surface area contributed by atoms with E-state index in [-0.39, 0.29) is 49.2 Å². The standard InChI is InChI=1S/C29H33FN2O6.C18H28BNO2/c1-2-35-26(34)11-16-3-5-17(6-4-16)18-7-9-19(10-8-18)27-20(30)12-21-22(32-27)13-25(31-21)38-24-15-37-28-23(33)14-36-29(24)28;1-17(2)18(3,4)22-19(21-17)15-9-5-13(6-10-15)14-7-11-16(20)12-8-14/h7-10,12-13,16-17,23-24,28-29,31,33H,2-6,11,14-15H2,1H3;5-6,9-10,14,16H,7-8,11-12,20H2,1-4H3/t16?,17?,23-,24-,28-,29-;/m1./s1. The minimum absolute atomic E-state index is 0.100. The van der Waals surface area contributed by atoms with Gasteiger partial charge in [-0.2, -0.15) is 0 Å². The van der Waals surface area contributed by atoms with Gasteiger partial charge in [0.1, 0.15) is 24.0 Å². The van der Waals surface area contributed by atoms with E-state index in [1.54, 1.807) is 6.07 Å². The van der Waals surface area contributed by atoms with E-state index >= 15 is 4.39 Å². The van der Waals surface area contributed by atoms with Crippen molar-refractivity contribution in [3.63, 3.8) is 0 Å². The van der Waals surface area contributed by atoms with E-state index < -0.39 is 11.9 Å². The molecule has 2 aromatic heterocycles. The van der Waals surface area contributed by atoms with Gasteiger partial charge in [-0.3, -0.25) is 4.79 Å². The second kappa shape index (κ2) is 17.9. The van der Waals surface area contributed by atoms with E-state index in [0.29, 0.717) is 71.6 Å². The van der Waals surface area contributed by atoms with Crippen molar-refractivity contribution in [2.75, 3.05) is 19.8 Å². The van der Waals surface area contributed by atoms with Crippen LogP contribution in [0.4, 0.5) is 4.39 Å². The summed E-state index contributed by atoms with van der Waals surface area (Å²) >= 11 is 0. The van der Waals surface area contributed by atoms with Gasteiger partial charge in [0.05, 0.1) is 42.1 Å². The van der Waals surface area contributed by atoms with E-state index in [1.807, 2.05) is 19.1 Å². The number of pyridine rings is 1. The van der Waals surface area contributed by atoms with Crippen LogP contribution in [-0.4, -0.2) is 89.6 Å². The Morgan fingerprint density at radius 1 is 0.867 bits per heavy atom. The number of rotatable bonds is 9. The van der Waals surface area contributed by atoms with Gasteiger partial charge in [0.25, 0.3) is 0 Å². The fraction of sp³-hybridized carbons (Fsp3) is 0.574. The molecule has 3 aliphatic heterocycles. The Kier molecular flexibility index (Phi) is 12.8. The third kappa shape index (κ3) is 9.32. The smallest absolute Gasteiger partial charge is 0.470 e. The van der Waals surface area contributed by atoms with Gasteiger partial charge in [-0.15, -0.1) is 0 Å². The first-order valence-corrected chi connectivity index (χ1v) is 22.0. The summed E-state index contributed by atoms with van der Waals surface area (Å²) in [6.07, 6.45) is 7.57. The summed E-state index contributed by atoms with van der Waals surface area (Å²) in [5.74, 6) is 1.44. The second-order valence-corrected chi connectivity index (χ2v) is 18.4. The van der Waals surface area contributed by atoms with Crippen LogP contribution in [0.3, 0.4) is 0 Å². The highest BCUT2D eigenvalue weighted by molar-refractivity contribution is 6.62. The number of hydrogen-bond donors (Lipinski definition) is 3. The number of carbonyl (C=O) groups excluding carboxylic acids is 1. The van der Waals surface area contributed by atoms with Gasteiger partial charge in [-0.05, 0) is 120 Å². The molecular formula is C47H61BFN3O8. The van der Waals surface area contributed by atoms with E-state index in [1.165, 1.54) is 30.0 Å². The van der Waals surface area contributed by atoms with Gasteiger partial charge in [0.2, 0.25) is 0 Å². The van der Waals surface area contributed by atoms with Gasteiger partial charge >= 0.3 is 13.1 Å². The third-order valence-corrected chi connectivity index (χ3v) is 13.8. The van der Waals surface area contributed by atoms with E-state index in [9.17, 15) is 9.90 Å². The highest BCUT2D eigenvalue weighted by Crippen LogP contribution is 2.39. The summed E-state index contributed by atoms with van der Waals surface area (Å²) < 4.78 is 49.6. The number of hydrogen-bond acceptors (Lipinski definition) is 10. The number of H-pyrrole nitrogens is 1. The molecule has 13 heteroatoms. The van der Waals surface area contributed by atoms with Crippen LogP contribution in [0.25, 0.3) is 22.3 Å². The van der Waals surface area contributed by atoms with Crippen molar-refractivity contribution in [2.45, 2.75) is 146 Å². The van der Waals surface area contributed by atoms with Crippen LogP contribution in [0.1, 0.15) is 115 Å². The van der Waals surface area contributed by atoms with Crippen molar-refractivity contribution < 1.29 is 42.5 Å². The van der Waals surface area contributed by atoms with Crippen LogP contribution in [0.2, 0.25) is 0 Å². The Labute approximate surface area is 353 Å². The normalized spacial score (nSPS) is 29.5. The number of aromatic nitrogens is 2. The summed E-state index contributed by atoms with van der Waals surface area (Å²) in [5.41, 5.74) is 11.3. The van der Waals surface area contributed by atoms with Gasteiger partial charge in [0, 0.05) is 30.2 Å². The van der Waals surface area contributed by atoms with Crippen LogP contribution in [0, 0.1) is 11.7 Å². The molecule has 2 aliphatic carbocycles. The molecule has 2 saturated carbocycles. The van der Waals surface area contributed by atoms with Gasteiger partial charge in [-0.1, -0.05) is 48.5 Å². The fourth-order valence-corrected chi connectivity index (χ4v) is 9.41. The average Bonchev–Trinajstić information content (AvgIpc) is 3.98. The molecule has 5 heterocycles. The predicted octanol–water partition coefficient (Wildman–Crippen LogP) is 7.47. The second-order valence-electron chi connectivity index (χ2n) is 18.4. The van der Waals surface area contributed by atoms with Gasteiger partial charge in [0.15, 0.2) is 17.8 Å². The Morgan fingerprint density at radius 3 is 2.10 bits per heavy atom. The summed E-state index contributed by atoms with van der Waals surface area (Å²) in [6.45, 7) is 11.2. The van der Waals surface area contributed by atoms with Gasteiger partial charge in [-0.25, -0.2) is 9.37 Å². The Bertz CT molecular complexity index is 2060. The molecule has 0 spiro atoms. The van der Waals surface area contributed by atoms with Gasteiger partial charge < -0.3 is 44.1 Å². The lowest BCUT2D eigenvalue weighted by Crippen LogP contribution is -2.41. The summed E-state index contributed by atoms with van der Waals surface area (Å²) in [5, 5.41) is 9.93. The molecule has 60 heavy (non-hydrogen) atoms. The number of esters is 1. The number of nitrogens with zero attached hydrogens (tertiary/aromatic N) is 1. The van der Waals surface area contributed by atoms with Crippen LogP contribution in [0.15, 0.2) is 60.7 Å². The monoisotopic (exact) mass is 825 g/mol. The lowest BCUT2D eigenvalue weighted by atomic mass is 9.76. The lowest BCUT2D eigenvalue weighted by molar-refractivity contribution is -0.144. The molecule has 2 aromatic carbocycles. The number of aliphatic hydroxyl groups excluding tert-OH is 1. The zero-order valence-electron chi connectivity index (χ0n) is 35.7. The summed E-state index contributed by atoms with van der Waals surface area (Å²) in [4.78, 5) is 19.4. The first kappa shape index (κ1) is 42.8. The number of nitrogens with two attached hydrogens (primary N) is 1. The molecule has 322 valence electrons. The molecular weight excluding hydrogens is 764 g/mol. The number of carbonyl (C=O) groups is 1. The molecule has 0 unspecified atom stereocenters. The highest BCUT2D eigenvalue weighted by Gasteiger charge is 2.52. The molecule has 4 N–H and O–H groups in total. The number of fused-ring (bicyclic) bond motifs is 2. The van der Waals surface area contributed by atoms with Crippen LogP contribution < -0.4 is 15.9 Å². The van der Waals surface area contributed by atoms with Crippen LogP contribution in [0.5, 0.6) is 5.88 Å². The number of aromatic amines is 1. The van der Waals surface area contributed by atoms with E-state index in [0.717, 1.165) is 44.0 Å². The maximum atomic E-state index is 15.1. The van der Waals surface area contributed by atoms with E-state index in [2.05, 4.69) is 74.1 Å². The quantitative estimate of drug-likeness (QED) is 0.115.